The Morgan fingerprint density at radius 2 is 2.09 bits per heavy atom. The van der Waals surface area contributed by atoms with Crippen LogP contribution in [0, 0.1) is 6.92 Å². The molecular formula is C24H23ClN6O3. The van der Waals surface area contributed by atoms with Crippen LogP contribution in [0.25, 0.3) is 16.6 Å². The summed E-state index contributed by atoms with van der Waals surface area (Å²) in [7, 11) is 0. The summed E-state index contributed by atoms with van der Waals surface area (Å²) in [6, 6.07) is 14.2. The number of halogens is 1. The van der Waals surface area contributed by atoms with E-state index in [4.69, 9.17) is 16.3 Å². The van der Waals surface area contributed by atoms with Gasteiger partial charge in [-0.2, -0.15) is 9.90 Å². The van der Waals surface area contributed by atoms with Gasteiger partial charge in [0.15, 0.2) is 5.69 Å². The van der Waals surface area contributed by atoms with E-state index < -0.39 is 0 Å². The lowest BCUT2D eigenvalue weighted by atomic mass is 10.2. The minimum Gasteiger partial charge on any atom is -0.376 e. The van der Waals surface area contributed by atoms with E-state index in [2.05, 4.69) is 20.2 Å². The van der Waals surface area contributed by atoms with Gasteiger partial charge >= 0.3 is 0 Å². The number of carbonyl (C=O) groups excluding carboxylic acids is 1. The Hall–Kier alpha value is -3.56. The fourth-order valence-electron chi connectivity index (χ4n) is 4.09. The lowest BCUT2D eigenvalue weighted by Gasteiger charge is -2.24. The Morgan fingerprint density at radius 1 is 1.24 bits per heavy atom. The topological polar surface area (TPSA) is 106 Å². The van der Waals surface area contributed by atoms with Crippen molar-refractivity contribution in [3.63, 3.8) is 0 Å². The van der Waals surface area contributed by atoms with E-state index in [-0.39, 0.29) is 29.8 Å². The lowest BCUT2D eigenvalue weighted by Crippen LogP contribution is -2.38. The SMILES string of the molecule is Cc1nn(-c2cccc(Cl)c2)nc1C(=O)N(Cc1nc2ccccc2c(=O)[nH]1)C[C@@H]1CCCO1. The number of ether oxygens (including phenoxy) is 1. The first-order valence-electron chi connectivity index (χ1n) is 11.1. The normalized spacial score (nSPS) is 15.6. The second-order valence-corrected chi connectivity index (χ2v) is 8.69. The van der Waals surface area contributed by atoms with Crippen LogP contribution >= 0.6 is 11.6 Å². The van der Waals surface area contributed by atoms with Crippen LogP contribution in [0.1, 0.15) is 34.8 Å². The Balaban J connectivity index is 1.47. The van der Waals surface area contributed by atoms with Gasteiger partial charge < -0.3 is 14.6 Å². The van der Waals surface area contributed by atoms with Crippen molar-refractivity contribution >= 4 is 28.4 Å². The third-order valence-corrected chi connectivity index (χ3v) is 6.00. The number of para-hydroxylation sites is 1. The fourth-order valence-corrected chi connectivity index (χ4v) is 4.27. The minimum atomic E-state index is -0.308. The van der Waals surface area contributed by atoms with E-state index in [1.165, 1.54) is 4.80 Å². The van der Waals surface area contributed by atoms with Crippen molar-refractivity contribution in [2.75, 3.05) is 13.2 Å². The lowest BCUT2D eigenvalue weighted by molar-refractivity contribution is 0.0496. The van der Waals surface area contributed by atoms with Crippen molar-refractivity contribution in [1.29, 1.82) is 0 Å². The highest BCUT2D eigenvalue weighted by atomic mass is 35.5. The zero-order chi connectivity index (χ0) is 23.7. The summed E-state index contributed by atoms with van der Waals surface area (Å²) in [6.07, 6.45) is 1.72. The van der Waals surface area contributed by atoms with Gasteiger partial charge in [-0.3, -0.25) is 9.59 Å². The molecule has 0 aliphatic carbocycles. The zero-order valence-electron chi connectivity index (χ0n) is 18.6. The van der Waals surface area contributed by atoms with Crippen molar-refractivity contribution in [3.8, 4) is 5.69 Å². The van der Waals surface area contributed by atoms with Crippen LogP contribution in [0.3, 0.4) is 0 Å². The molecule has 9 nitrogen and oxygen atoms in total. The molecule has 174 valence electrons. The highest BCUT2D eigenvalue weighted by molar-refractivity contribution is 6.30. The number of rotatable bonds is 6. The van der Waals surface area contributed by atoms with E-state index in [1.807, 2.05) is 12.1 Å². The van der Waals surface area contributed by atoms with Gasteiger partial charge in [-0.1, -0.05) is 29.8 Å². The van der Waals surface area contributed by atoms with Crippen molar-refractivity contribution in [1.82, 2.24) is 29.9 Å². The van der Waals surface area contributed by atoms with Gasteiger partial charge in [0.05, 0.1) is 34.9 Å². The molecule has 1 aliphatic rings. The van der Waals surface area contributed by atoms with E-state index in [0.29, 0.717) is 46.3 Å². The maximum Gasteiger partial charge on any atom is 0.276 e. The zero-order valence-corrected chi connectivity index (χ0v) is 19.3. The van der Waals surface area contributed by atoms with Crippen molar-refractivity contribution in [2.24, 2.45) is 0 Å². The van der Waals surface area contributed by atoms with Gasteiger partial charge in [-0.05, 0) is 50.1 Å². The summed E-state index contributed by atoms with van der Waals surface area (Å²) in [5.41, 5.74) is 1.70. The standard InChI is InChI=1S/C24H23ClN6O3/c1-15-22(29-31(28-15)17-7-4-6-16(25)12-17)24(33)30(13-18-8-5-11-34-18)14-21-26-20-10-3-2-9-19(20)23(32)27-21/h2-4,6-7,9-10,12,18H,5,8,11,13-14H2,1H3,(H,26,27,32)/t18-/m0/s1. The molecule has 0 spiro atoms. The van der Waals surface area contributed by atoms with Crippen LogP contribution in [-0.2, 0) is 11.3 Å². The number of fused-ring (bicyclic) bond motifs is 1. The molecule has 1 atom stereocenters. The number of benzene rings is 2. The summed E-state index contributed by atoms with van der Waals surface area (Å²) in [5, 5.41) is 9.91. The quantitative estimate of drug-likeness (QED) is 0.456. The Kier molecular flexibility index (Phi) is 6.12. The number of hydrogen-bond acceptors (Lipinski definition) is 6. The van der Waals surface area contributed by atoms with E-state index in [1.54, 1.807) is 48.2 Å². The summed E-state index contributed by atoms with van der Waals surface area (Å²) in [4.78, 5) is 36.6. The third-order valence-electron chi connectivity index (χ3n) is 5.76. The highest BCUT2D eigenvalue weighted by Gasteiger charge is 2.28. The fraction of sp³-hybridized carbons (Fsp3) is 0.292. The number of amides is 1. The molecule has 1 aliphatic heterocycles. The first-order chi connectivity index (χ1) is 16.5. The molecule has 4 aromatic rings. The average molecular weight is 479 g/mol. The maximum atomic E-state index is 13.6. The number of carbonyl (C=O) groups is 1. The smallest absolute Gasteiger partial charge is 0.276 e. The van der Waals surface area contributed by atoms with Crippen LogP contribution in [0.15, 0.2) is 53.3 Å². The molecule has 1 fully saturated rings. The number of aryl methyl sites for hydroxylation is 1. The van der Waals surface area contributed by atoms with Gasteiger partial charge in [0, 0.05) is 18.2 Å². The number of nitrogens with one attached hydrogen (secondary N) is 1. The average Bonchev–Trinajstić information content (AvgIpc) is 3.48. The minimum absolute atomic E-state index is 0.0839. The molecule has 34 heavy (non-hydrogen) atoms. The molecule has 2 aromatic heterocycles. The molecule has 2 aromatic carbocycles. The van der Waals surface area contributed by atoms with Crippen LogP contribution in [0.4, 0.5) is 0 Å². The predicted molar refractivity (Wildman–Crippen MR) is 127 cm³/mol. The molecule has 5 rings (SSSR count). The van der Waals surface area contributed by atoms with Crippen molar-refractivity contribution in [2.45, 2.75) is 32.4 Å². The van der Waals surface area contributed by atoms with Gasteiger partial charge in [-0.25, -0.2) is 4.98 Å². The second kappa shape index (κ2) is 9.36. The molecule has 0 unspecified atom stereocenters. The monoisotopic (exact) mass is 478 g/mol. The number of aromatic amines is 1. The molecule has 0 saturated carbocycles. The second-order valence-electron chi connectivity index (χ2n) is 8.25. The highest BCUT2D eigenvalue weighted by Crippen LogP contribution is 2.19. The van der Waals surface area contributed by atoms with Gasteiger partial charge in [0.2, 0.25) is 0 Å². The molecule has 1 amide bonds. The largest absolute Gasteiger partial charge is 0.376 e. The first-order valence-corrected chi connectivity index (χ1v) is 11.4. The Bertz CT molecular complexity index is 1410. The summed E-state index contributed by atoms with van der Waals surface area (Å²) in [5.74, 6) is 0.0898. The predicted octanol–water partition coefficient (Wildman–Crippen LogP) is 3.29. The van der Waals surface area contributed by atoms with Crippen molar-refractivity contribution in [3.05, 3.63) is 81.1 Å². The number of H-pyrrole nitrogens is 1. The maximum absolute atomic E-state index is 13.6. The third kappa shape index (κ3) is 4.57. The molecule has 3 heterocycles. The summed E-state index contributed by atoms with van der Waals surface area (Å²) in [6.45, 7) is 2.88. The van der Waals surface area contributed by atoms with Gasteiger partial charge in [0.1, 0.15) is 5.82 Å². The van der Waals surface area contributed by atoms with Crippen LogP contribution in [0.2, 0.25) is 5.02 Å². The van der Waals surface area contributed by atoms with Gasteiger partial charge in [-0.15, -0.1) is 5.10 Å². The Morgan fingerprint density at radius 3 is 2.88 bits per heavy atom. The molecule has 1 saturated heterocycles. The van der Waals surface area contributed by atoms with E-state index in [9.17, 15) is 9.59 Å². The van der Waals surface area contributed by atoms with Crippen LogP contribution < -0.4 is 5.56 Å². The molecule has 0 radical (unpaired) electrons. The molecule has 1 N–H and O–H groups in total. The van der Waals surface area contributed by atoms with Crippen molar-refractivity contribution < 1.29 is 9.53 Å². The first kappa shape index (κ1) is 22.2. The number of hydrogen-bond donors (Lipinski definition) is 1. The molecule has 0 bridgehead atoms. The molecule has 10 heteroatoms. The number of nitrogens with zero attached hydrogens (tertiary/aromatic N) is 5. The Labute approximate surface area is 200 Å². The van der Waals surface area contributed by atoms with E-state index in [0.717, 1.165) is 12.8 Å². The van der Waals surface area contributed by atoms with E-state index >= 15 is 0 Å². The van der Waals surface area contributed by atoms with Crippen LogP contribution in [0.5, 0.6) is 0 Å². The van der Waals surface area contributed by atoms with Crippen LogP contribution in [-0.4, -0.2) is 55.0 Å². The molecular weight excluding hydrogens is 456 g/mol. The summed E-state index contributed by atoms with van der Waals surface area (Å²) >= 11 is 6.10. The number of aromatic nitrogens is 5. The van der Waals surface area contributed by atoms with Gasteiger partial charge in [0.25, 0.3) is 11.5 Å². The summed E-state index contributed by atoms with van der Waals surface area (Å²) < 4.78 is 5.78.